The highest BCUT2D eigenvalue weighted by Gasteiger charge is 2.36. The third-order valence-electron chi connectivity index (χ3n) is 4.07. The molecule has 1 aromatic rings. The van der Waals surface area contributed by atoms with Gasteiger partial charge in [-0.05, 0) is 24.7 Å². The predicted molar refractivity (Wildman–Crippen MR) is 78.6 cm³/mol. The summed E-state index contributed by atoms with van der Waals surface area (Å²) in [7, 11) is 3.64. The first kappa shape index (κ1) is 13.5. The number of likely N-dealkylation sites (tertiary alicyclic amines) is 1. The van der Waals surface area contributed by atoms with Crippen LogP contribution in [0.1, 0.15) is 18.0 Å². The number of nitrogens with one attached hydrogen (secondary N) is 1. The lowest BCUT2D eigenvalue weighted by Gasteiger charge is -2.31. The number of fused-ring (bicyclic) bond motifs is 1. The summed E-state index contributed by atoms with van der Waals surface area (Å²) in [6.45, 7) is 2.01. The molecule has 0 aliphatic carbocycles. The van der Waals surface area contributed by atoms with Gasteiger partial charge in [-0.25, -0.2) is 0 Å². The maximum atomic E-state index is 9.83. The van der Waals surface area contributed by atoms with E-state index in [1.54, 1.807) is 6.07 Å². The summed E-state index contributed by atoms with van der Waals surface area (Å²) in [5, 5.41) is 14.6. The van der Waals surface area contributed by atoms with Crippen LogP contribution in [-0.2, 0) is 0 Å². The van der Waals surface area contributed by atoms with Gasteiger partial charge in [-0.2, -0.15) is 5.10 Å². The highest BCUT2D eigenvalue weighted by molar-refractivity contribution is 6.32. The quantitative estimate of drug-likeness (QED) is 0.876. The van der Waals surface area contributed by atoms with Crippen LogP contribution in [0.25, 0.3) is 0 Å². The summed E-state index contributed by atoms with van der Waals surface area (Å²) in [5.74, 6) is 0.726. The molecule has 0 saturated carbocycles. The highest BCUT2D eigenvalue weighted by Crippen LogP contribution is 2.40. The van der Waals surface area contributed by atoms with E-state index < -0.39 is 0 Å². The molecular formula is C14H18ClN3O2. The van der Waals surface area contributed by atoms with Crippen LogP contribution in [0.3, 0.4) is 0 Å². The number of benzene rings is 1. The second-order valence-corrected chi connectivity index (χ2v) is 5.79. The number of piperidine rings is 1. The maximum Gasteiger partial charge on any atom is 0.176 e. The van der Waals surface area contributed by atoms with Gasteiger partial charge in [-0.15, -0.1) is 0 Å². The van der Waals surface area contributed by atoms with Crippen molar-refractivity contribution in [2.45, 2.75) is 12.5 Å². The smallest absolute Gasteiger partial charge is 0.176 e. The van der Waals surface area contributed by atoms with Gasteiger partial charge in [0.1, 0.15) is 0 Å². The van der Waals surface area contributed by atoms with Gasteiger partial charge in [0.05, 0.1) is 18.2 Å². The van der Waals surface area contributed by atoms with Crippen LogP contribution in [0, 0.1) is 5.92 Å². The van der Waals surface area contributed by atoms with E-state index in [4.69, 9.17) is 16.3 Å². The monoisotopic (exact) mass is 295 g/mol. The highest BCUT2D eigenvalue weighted by atomic mass is 35.5. The minimum Gasteiger partial charge on any atom is -0.503 e. The Hall–Kier alpha value is -1.46. The number of halogens is 1. The minimum atomic E-state index is -0.0159. The summed E-state index contributed by atoms with van der Waals surface area (Å²) in [4.78, 5) is 2.31. The van der Waals surface area contributed by atoms with Crippen LogP contribution < -0.4 is 10.2 Å². The zero-order chi connectivity index (χ0) is 14.3. The topological polar surface area (TPSA) is 57.1 Å². The lowest BCUT2D eigenvalue weighted by atomic mass is 9.86. The van der Waals surface area contributed by atoms with Gasteiger partial charge in [-0.3, -0.25) is 0 Å². The Labute approximate surface area is 123 Å². The number of hydrogen-bond acceptors (Lipinski definition) is 5. The van der Waals surface area contributed by atoms with Gasteiger partial charge >= 0.3 is 0 Å². The zero-order valence-electron chi connectivity index (χ0n) is 11.6. The summed E-state index contributed by atoms with van der Waals surface area (Å²) in [5.41, 5.74) is 5.41. The molecule has 20 heavy (non-hydrogen) atoms. The average molecular weight is 296 g/mol. The average Bonchev–Trinajstić information content (AvgIpc) is 2.84. The lowest BCUT2D eigenvalue weighted by Crippen LogP contribution is -2.39. The maximum absolute atomic E-state index is 9.83. The molecule has 6 heteroatoms. The van der Waals surface area contributed by atoms with Gasteiger partial charge < -0.3 is 20.2 Å². The number of hydrazone groups is 1. The van der Waals surface area contributed by atoms with Gasteiger partial charge in [-0.1, -0.05) is 11.6 Å². The van der Waals surface area contributed by atoms with Crippen LogP contribution in [-0.4, -0.2) is 43.0 Å². The van der Waals surface area contributed by atoms with E-state index in [2.05, 4.69) is 22.5 Å². The Morgan fingerprint density at radius 3 is 3.05 bits per heavy atom. The Kier molecular flexibility index (Phi) is 3.48. The SMILES string of the molecule is COc1cc(C2NN=C3CCN(C)CC32)cc(Cl)c1O. The normalized spacial score (nSPS) is 25.9. The first-order chi connectivity index (χ1) is 9.60. The van der Waals surface area contributed by atoms with Crippen molar-refractivity contribution in [3.8, 4) is 11.5 Å². The number of methoxy groups -OCH3 is 1. The molecule has 2 aliphatic rings. The lowest BCUT2D eigenvalue weighted by molar-refractivity contribution is 0.272. The molecule has 2 atom stereocenters. The number of nitrogens with zero attached hydrogens (tertiary/aromatic N) is 2. The number of phenolic OH excluding ortho intramolecular Hbond substituents is 1. The molecule has 2 aliphatic heterocycles. The van der Waals surface area contributed by atoms with Crippen molar-refractivity contribution in [1.29, 1.82) is 0 Å². The molecule has 1 fully saturated rings. The van der Waals surface area contributed by atoms with Crippen LogP contribution in [0.15, 0.2) is 17.2 Å². The van der Waals surface area contributed by atoms with Crippen LogP contribution >= 0.6 is 11.6 Å². The summed E-state index contributed by atoms with van der Waals surface area (Å²) >= 11 is 6.07. The number of phenols is 1. The molecule has 1 saturated heterocycles. The molecule has 5 nitrogen and oxygen atoms in total. The molecule has 2 heterocycles. The second-order valence-electron chi connectivity index (χ2n) is 5.38. The molecule has 0 amide bonds. The zero-order valence-corrected chi connectivity index (χ0v) is 12.3. The summed E-state index contributed by atoms with van der Waals surface area (Å²) in [6.07, 6.45) is 0.994. The standard InChI is InChI=1S/C14H18ClN3O2/c1-18-4-3-11-9(7-18)13(17-16-11)8-5-10(15)14(19)12(6-8)20-2/h5-6,9,13,17,19H,3-4,7H2,1-2H3. The van der Waals surface area contributed by atoms with E-state index in [0.29, 0.717) is 16.7 Å². The Balaban J connectivity index is 1.92. The molecule has 2 N–H and O–H groups in total. The number of aromatic hydroxyl groups is 1. The summed E-state index contributed by atoms with van der Waals surface area (Å²) in [6, 6.07) is 3.69. The van der Waals surface area contributed by atoms with Crippen LogP contribution in [0.2, 0.25) is 5.02 Å². The van der Waals surface area contributed by atoms with Crippen molar-refractivity contribution in [1.82, 2.24) is 10.3 Å². The largest absolute Gasteiger partial charge is 0.503 e. The molecular weight excluding hydrogens is 278 g/mol. The van der Waals surface area contributed by atoms with Gasteiger partial charge in [0.15, 0.2) is 11.5 Å². The van der Waals surface area contributed by atoms with E-state index in [1.807, 2.05) is 6.07 Å². The molecule has 0 radical (unpaired) electrons. The van der Waals surface area contributed by atoms with Gasteiger partial charge in [0, 0.05) is 31.1 Å². The first-order valence-corrected chi connectivity index (χ1v) is 7.05. The van der Waals surface area contributed by atoms with Crippen LogP contribution in [0.4, 0.5) is 0 Å². The van der Waals surface area contributed by atoms with E-state index in [0.717, 1.165) is 25.1 Å². The fourth-order valence-corrected chi connectivity index (χ4v) is 3.16. The molecule has 0 bridgehead atoms. The van der Waals surface area contributed by atoms with E-state index in [9.17, 15) is 5.11 Å². The first-order valence-electron chi connectivity index (χ1n) is 6.67. The van der Waals surface area contributed by atoms with Crippen molar-refractivity contribution < 1.29 is 9.84 Å². The Morgan fingerprint density at radius 1 is 1.50 bits per heavy atom. The fraction of sp³-hybridized carbons (Fsp3) is 0.500. The predicted octanol–water partition coefficient (Wildman–Crippen LogP) is 2.01. The number of rotatable bonds is 2. The van der Waals surface area contributed by atoms with Crippen molar-refractivity contribution >= 4 is 17.3 Å². The molecule has 1 aromatic carbocycles. The van der Waals surface area contributed by atoms with E-state index >= 15 is 0 Å². The third-order valence-corrected chi connectivity index (χ3v) is 4.35. The molecule has 3 rings (SSSR count). The van der Waals surface area contributed by atoms with Crippen molar-refractivity contribution in [2.75, 3.05) is 27.2 Å². The fourth-order valence-electron chi connectivity index (χ4n) is 2.94. The number of hydrogen-bond donors (Lipinski definition) is 2. The van der Waals surface area contributed by atoms with Crippen molar-refractivity contribution in [2.24, 2.45) is 11.0 Å². The Morgan fingerprint density at radius 2 is 2.30 bits per heavy atom. The second kappa shape index (κ2) is 5.14. The third kappa shape index (κ3) is 2.21. The summed E-state index contributed by atoms with van der Waals surface area (Å²) < 4.78 is 5.17. The molecule has 108 valence electrons. The van der Waals surface area contributed by atoms with E-state index in [-0.39, 0.29) is 11.8 Å². The molecule has 2 unspecified atom stereocenters. The Bertz CT molecular complexity index is 562. The van der Waals surface area contributed by atoms with E-state index in [1.165, 1.54) is 12.8 Å². The van der Waals surface area contributed by atoms with Crippen molar-refractivity contribution in [3.05, 3.63) is 22.7 Å². The van der Waals surface area contributed by atoms with Gasteiger partial charge in [0.2, 0.25) is 0 Å². The van der Waals surface area contributed by atoms with Crippen molar-refractivity contribution in [3.63, 3.8) is 0 Å². The molecule has 0 aromatic heterocycles. The number of ether oxygens (including phenoxy) is 1. The van der Waals surface area contributed by atoms with Gasteiger partial charge in [0.25, 0.3) is 0 Å². The molecule has 0 spiro atoms. The van der Waals surface area contributed by atoms with Crippen LogP contribution in [0.5, 0.6) is 11.5 Å². The minimum absolute atomic E-state index is 0.0159.